The van der Waals surface area contributed by atoms with Gasteiger partial charge in [0.05, 0.1) is 0 Å². The van der Waals surface area contributed by atoms with Crippen molar-refractivity contribution in [2.24, 2.45) is 5.92 Å². The van der Waals surface area contributed by atoms with Crippen LogP contribution in [-0.2, 0) is 0 Å². The van der Waals surface area contributed by atoms with Gasteiger partial charge in [-0.05, 0) is 43.0 Å². The van der Waals surface area contributed by atoms with Crippen LogP contribution < -0.4 is 19.9 Å². The Morgan fingerprint density at radius 3 is 2.22 bits per heavy atom. The van der Waals surface area contributed by atoms with Crippen molar-refractivity contribution < 1.29 is 18.3 Å². The van der Waals surface area contributed by atoms with E-state index in [1.807, 2.05) is 12.1 Å². The highest BCUT2D eigenvalue weighted by Gasteiger charge is 2.23. The zero-order chi connectivity index (χ0) is 22.5. The van der Waals surface area contributed by atoms with Crippen molar-refractivity contribution in [3.05, 3.63) is 36.4 Å². The maximum absolute atomic E-state index is 12.6. The van der Waals surface area contributed by atoms with Crippen LogP contribution in [0.2, 0.25) is 0 Å². The van der Waals surface area contributed by atoms with Gasteiger partial charge in [-0.2, -0.15) is 8.78 Å². The molecule has 32 heavy (non-hydrogen) atoms. The topological polar surface area (TPSA) is 73.8 Å². The van der Waals surface area contributed by atoms with E-state index in [0.29, 0.717) is 31.9 Å². The molecular weight excluding hydrogens is 418 g/mol. The highest BCUT2D eigenvalue weighted by molar-refractivity contribution is 5.89. The lowest BCUT2D eigenvalue weighted by Gasteiger charge is -2.35. The number of benzene rings is 1. The van der Waals surface area contributed by atoms with Gasteiger partial charge < -0.3 is 24.8 Å². The Hall–Kier alpha value is -3.17. The molecular formula is C22H28F2N6O2. The molecule has 0 unspecified atom stereocenters. The number of carbonyl (C=O) groups is 1. The number of nitrogens with one attached hydrogen (secondary N) is 1. The fraction of sp³-hybridized carbons (Fsp3) is 0.500. The van der Waals surface area contributed by atoms with Gasteiger partial charge in [0.2, 0.25) is 0 Å². The SMILES string of the molecule is CC1CCN(c2ccc(N3CCN(C(=O)Nc4cccc(OC(F)F)c4)CC3)nn2)CC1. The van der Waals surface area contributed by atoms with Crippen molar-refractivity contribution in [3.63, 3.8) is 0 Å². The molecule has 0 saturated carbocycles. The second kappa shape index (κ2) is 9.97. The molecule has 1 aromatic heterocycles. The van der Waals surface area contributed by atoms with Gasteiger partial charge in [0.15, 0.2) is 11.6 Å². The lowest BCUT2D eigenvalue weighted by molar-refractivity contribution is -0.0498. The number of amides is 2. The van der Waals surface area contributed by atoms with E-state index in [1.165, 1.54) is 25.0 Å². The standard InChI is InChI=1S/C22H28F2N6O2/c1-16-7-9-28(10-8-16)19-5-6-20(27-26-19)29-11-13-30(14-12-29)22(31)25-17-3-2-4-18(15-17)32-21(23)24/h2-6,15-16,21H,7-14H2,1H3,(H,25,31). The molecule has 0 aliphatic carbocycles. The van der Waals surface area contributed by atoms with Gasteiger partial charge in [0.25, 0.3) is 0 Å². The molecule has 2 amide bonds. The quantitative estimate of drug-likeness (QED) is 0.756. The van der Waals surface area contributed by atoms with Crippen molar-refractivity contribution in [3.8, 4) is 5.75 Å². The molecule has 0 spiro atoms. The van der Waals surface area contributed by atoms with Crippen LogP contribution in [0.15, 0.2) is 36.4 Å². The first-order valence-electron chi connectivity index (χ1n) is 10.9. The number of aromatic nitrogens is 2. The number of carbonyl (C=O) groups excluding carboxylic acids is 1. The van der Waals surface area contributed by atoms with Gasteiger partial charge in [0.1, 0.15) is 5.75 Å². The van der Waals surface area contributed by atoms with Gasteiger partial charge in [-0.1, -0.05) is 13.0 Å². The van der Waals surface area contributed by atoms with E-state index in [4.69, 9.17) is 0 Å². The molecule has 3 heterocycles. The van der Waals surface area contributed by atoms with Crippen molar-refractivity contribution in [1.29, 1.82) is 0 Å². The van der Waals surface area contributed by atoms with Gasteiger partial charge in [-0.15, -0.1) is 10.2 Å². The highest BCUT2D eigenvalue weighted by atomic mass is 19.3. The lowest BCUT2D eigenvalue weighted by Crippen LogP contribution is -2.50. The molecule has 0 radical (unpaired) electrons. The average Bonchev–Trinajstić information content (AvgIpc) is 2.80. The summed E-state index contributed by atoms with van der Waals surface area (Å²) in [5, 5.41) is 11.6. The van der Waals surface area contributed by atoms with Crippen LogP contribution in [0.4, 0.5) is 30.9 Å². The van der Waals surface area contributed by atoms with Gasteiger partial charge in [-0.3, -0.25) is 0 Å². The summed E-state index contributed by atoms with van der Waals surface area (Å²) < 4.78 is 29.1. The number of hydrogen-bond donors (Lipinski definition) is 1. The third-order valence-corrected chi connectivity index (χ3v) is 5.95. The van der Waals surface area contributed by atoms with Crippen molar-refractivity contribution >= 4 is 23.4 Å². The van der Waals surface area contributed by atoms with E-state index >= 15 is 0 Å². The number of piperazine rings is 1. The van der Waals surface area contributed by atoms with Gasteiger partial charge in [-0.25, -0.2) is 4.79 Å². The fourth-order valence-corrected chi connectivity index (χ4v) is 3.98. The van der Waals surface area contributed by atoms with E-state index in [1.54, 1.807) is 17.0 Å². The molecule has 0 bridgehead atoms. The molecule has 0 atom stereocenters. The van der Waals surface area contributed by atoms with Crippen LogP contribution in [0.3, 0.4) is 0 Å². The average molecular weight is 447 g/mol. The number of ether oxygens (including phenoxy) is 1. The van der Waals surface area contributed by atoms with Crippen LogP contribution in [-0.4, -0.2) is 67.0 Å². The van der Waals surface area contributed by atoms with E-state index in [-0.39, 0.29) is 11.8 Å². The predicted octanol–water partition coefficient (Wildman–Crippen LogP) is 3.67. The van der Waals surface area contributed by atoms with Crippen molar-refractivity contribution in [2.45, 2.75) is 26.4 Å². The van der Waals surface area contributed by atoms with E-state index < -0.39 is 6.61 Å². The minimum Gasteiger partial charge on any atom is -0.435 e. The third kappa shape index (κ3) is 5.54. The smallest absolute Gasteiger partial charge is 0.387 e. The second-order valence-corrected chi connectivity index (χ2v) is 8.23. The molecule has 1 aromatic carbocycles. The molecule has 10 heteroatoms. The Labute approximate surface area is 186 Å². The maximum atomic E-state index is 12.6. The number of nitrogens with zero attached hydrogens (tertiary/aromatic N) is 5. The minimum absolute atomic E-state index is 0.00343. The predicted molar refractivity (Wildman–Crippen MR) is 119 cm³/mol. The van der Waals surface area contributed by atoms with Crippen LogP contribution in [0.25, 0.3) is 0 Å². The van der Waals surface area contributed by atoms with Crippen molar-refractivity contribution in [1.82, 2.24) is 15.1 Å². The summed E-state index contributed by atoms with van der Waals surface area (Å²) in [6.07, 6.45) is 2.36. The lowest BCUT2D eigenvalue weighted by atomic mass is 9.99. The fourth-order valence-electron chi connectivity index (χ4n) is 3.98. The number of alkyl halides is 2. The van der Waals surface area contributed by atoms with E-state index in [0.717, 1.165) is 30.6 Å². The summed E-state index contributed by atoms with van der Waals surface area (Å²) in [5.74, 6) is 2.48. The summed E-state index contributed by atoms with van der Waals surface area (Å²) in [4.78, 5) is 18.6. The van der Waals surface area contributed by atoms with Gasteiger partial charge >= 0.3 is 12.6 Å². The van der Waals surface area contributed by atoms with E-state index in [9.17, 15) is 13.6 Å². The Kier molecular flexibility index (Phi) is 6.87. The summed E-state index contributed by atoms with van der Waals surface area (Å²) in [7, 11) is 0. The first-order valence-corrected chi connectivity index (χ1v) is 10.9. The number of rotatable bonds is 5. The largest absolute Gasteiger partial charge is 0.435 e. The molecule has 2 saturated heterocycles. The van der Waals surface area contributed by atoms with Crippen LogP contribution in [0.1, 0.15) is 19.8 Å². The number of anilines is 3. The molecule has 1 N–H and O–H groups in total. The Balaban J connectivity index is 1.28. The number of hydrogen-bond acceptors (Lipinski definition) is 6. The highest BCUT2D eigenvalue weighted by Crippen LogP contribution is 2.23. The zero-order valence-electron chi connectivity index (χ0n) is 18.1. The summed E-state index contributed by atoms with van der Waals surface area (Å²) in [6, 6.07) is 9.71. The van der Waals surface area contributed by atoms with E-state index in [2.05, 4.69) is 37.0 Å². The Morgan fingerprint density at radius 1 is 1.00 bits per heavy atom. The zero-order valence-corrected chi connectivity index (χ0v) is 18.1. The molecule has 4 rings (SSSR count). The molecule has 172 valence electrons. The van der Waals surface area contributed by atoms with Crippen LogP contribution in [0.5, 0.6) is 5.75 Å². The molecule has 2 aliphatic rings. The van der Waals surface area contributed by atoms with Crippen LogP contribution >= 0.6 is 0 Å². The molecule has 8 nitrogen and oxygen atoms in total. The minimum atomic E-state index is -2.91. The number of urea groups is 1. The van der Waals surface area contributed by atoms with Crippen LogP contribution in [0, 0.1) is 5.92 Å². The molecule has 2 aromatic rings. The first-order chi connectivity index (χ1) is 15.5. The molecule has 2 aliphatic heterocycles. The summed E-state index contributed by atoms with van der Waals surface area (Å²) in [5.41, 5.74) is 0.407. The molecule has 2 fully saturated rings. The second-order valence-electron chi connectivity index (χ2n) is 8.23. The monoisotopic (exact) mass is 446 g/mol. The normalized spacial score (nSPS) is 17.6. The van der Waals surface area contributed by atoms with Crippen molar-refractivity contribution in [2.75, 3.05) is 54.4 Å². The Morgan fingerprint density at radius 2 is 1.62 bits per heavy atom. The first kappa shape index (κ1) is 22.0. The number of piperidine rings is 1. The third-order valence-electron chi connectivity index (χ3n) is 5.95. The number of halogens is 2. The van der Waals surface area contributed by atoms with Gasteiger partial charge in [0, 0.05) is 51.0 Å². The summed E-state index contributed by atoms with van der Waals surface area (Å²) >= 11 is 0. The Bertz CT molecular complexity index is 898. The summed E-state index contributed by atoms with van der Waals surface area (Å²) in [6.45, 7) is 3.72. The maximum Gasteiger partial charge on any atom is 0.387 e.